The predicted octanol–water partition coefficient (Wildman–Crippen LogP) is 3.63. The number of phenols is 1. The number of nitrogens with one attached hydrogen (secondary N) is 1. The van der Waals surface area contributed by atoms with E-state index in [-0.39, 0.29) is 5.75 Å². The van der Waals surface area contributed by atoms with Crippen LogP contribution in [0.15, 0.2) is 53.8 Å². The fraction of sp³-hybridized carbons (Fsp3) is 0.211. The van der Waals surface area contributed by atoms with Crippen molar-refractivity contribution in [3.05, 3.63) is 54.2 Å². The van der Waals surface area contributed by atoms with Crippen LogP contribution in [0.1, 0.15) is 19.4 Å². The van der Waals surface area contributed by atoms with Gasteiger partial charge in [0, 0.05) is 41.2 Å². The molecule has 2 N–H and O–H groups in total. The molecule has 2 aromatic carbocycles. The van der Waals surface area contributed by atoms with Gasteiger partial charge in [0.25, 0.3) is 0 Å². The first-order valence-electron chi connectivity index (χ1n) is 8.30. The molecule has 0 atom stereocenters. The number of aromatic hydroxyl groups is 1. The van der Waals surface area contributed by atoms with Gasteiger partial charge in [-0.2, -0.15) is 10.2 Å². The van der Waals surface area contributed by atoms with Crippen molar-refractivity contribution in [1.29, 1.82) is 0 Å². The van der Waals surface area contributed by atoms with Crippen LogP contribution in [-0.2, 0) is 0 Å². The SMILES string of the molecule is CCN(CC)c1ccc(C=NNc2nncc3ccccc23)c(O)c1. The fourth-order valence-electron chi connectivity index (χ4n) is 2.70. The molecular weight excluding hydrogens is 314 g/mol. The zero-order valence-electron chi connectivity index (χ0n) is 14.3. The molecule has 0 radical (unpaired) electrons. The largest absolute Gasteiger partial charge is 0.507 e. The van der Waals surface area contributed by atoms with Crippen LogP contribution < -0.4 is 10.3 Å². The van der Waals surface area contributed by atoms with Gasteiger partial charge in [-0.15, -0.1) is 5.10 Å². The van der Waals surface area contributed by atoms with E-state index in [0.29, 0.717) is 11.4 Å². The summed E-state index contributed by atoms with van der Waals surface area (Å²) < 4.78 is 0. The van der Waals surface area contributed by atoms with Gasteiger partial charge in [0.1, 0.15) is 5.75 Å². The summed E-state index contributed by atoms with van der Waals surface area (Å²) in [6.45, 7) is 5.96. The van der Waals surface area contributed by atoms with Crippen molar-refractivity contribution in [3.63, 3.8) is 0 Å². The molecule has 0 bridgehead atoms. The molecule has 6 heteroatoms. The Morgan fingerprint density at radius 3 is 2.72 bits per heavy atom. The summed E-state index contributed by atoms with van der Waals surface area (Å²) in [7, 11) is 0. The van der Waals surface area contributed by atoms with Crippen molar-refractivity contribution in [2.24, 2.45) is 5.10 Å². The van der Waals surface area contributed by atoms with E-state index in [9.17, 15) is 5.11 Å². The van der Waals surface area contributed by atoms with E-state index in [4.69, 9.17) is 0 Å². The molecule has 1 heterocycles. The highest BCUT2D eigenvalue weighted by atomic mass is 16.3. The highest BCUT2D eigenvalue weighted by molar-refractivity contribution is 5.91. The smallest absolute Gasteiger partial charge is 0.176 e. The quantitative estimate of drug-likeness (QED) is 0.531. The average Bonchev–Trinajstić information content (AvgIpc) is 2.64. The second-order valence-electron chi connectivity index (χ2n) is 5.57. The van der Waals surface area contributed by atoms with Crippen LogP contribution in [0.5, 0.6) is 5.75 Å². The second-order valence-corrected chi connectivity index (χ2v) is 5.57. The summed E-state index contributed by atoms with van der Waals surface area (Å²) in [6, 6.07) is 13.4. The van der Waals surface area contributed by atoms with E-state index in [0.717, 1.165) is 29.5 Å². The van der Waals surface area contributed by atoms with Crippen LogP contribution in [0.2, 0.25) is 0 Å². The molecule has 0 saturated carbocycles. The van der Waals surface area contributed by atoms with Gasteiger partial charge in [-0.05, 0) is 26.0 Å². The van der Waals surface area contributed by atoms with Gasteiger partial charge in [0.05, 0.1) is 12.4 Å². The number of hydrogen-bond donors (Lipinski definition) is 2. The number of benzene rings is 2. The molecule has 25 heavy (non-hydrogen) atoms. The number of nitrogens with zero attached hydrogens (tertiary/aromatic N) is 4. The zero-order valence-corrected chi connectivity index (χ0v) is 14.3. The van der Waals surface area contributed by atoms with Crippen molar-refractivity contribution in [3.8, 4) is 5.75 Å². The number of anilines is 2. The Hall–Kier alpha value is -3.15. The lowest BCUT2D eigenvalue weighted by molar-refractivity contribution is 0.474. The van der Waals surface area contributed by atoms with Crippen molar-refractivity contribution in [2.45, 2.75) is 13.8 Å². The minimum atomic E-state index is 0.193. The minimum absolute atomic E-state index is 0.193. The number of hydrogen-bond acceptors (Lipinski definition) is 6. The van der Waals surface area contributed by atoms with Gasteiger partial charge in [-0.25, -0.2) is 0 Å². The summed E-state index contributed by atoms with van der Waals surface area (Å²) in [5.41, 5.74) is 4.53. The van der Waals surface area contributed by atoms with Crippen molar-refractivity contribution < 1.29 is 5.11 Å². The summed E-state index contributed by atoms with van der Waals surface area (Å²) in [5, 5.41) is 24.4. The third-order valence-electron chi connectivity index (χ3n) is 4.09. The number of rotatable bonds is 6. The monoisotopic (exact) mass is 335 g/mol. The molecule has 3 rings (SSSR count). The summed E-state index contributed by atoms with van der Waals surface area (Å²) in [6.07, 6.45) is 3.28. The minimum Gasteiger partial charge on any atom is -0.507 e. The summed E-state index contributed by atoms with van der Waals surface area (Å²) >= 11 is 0. The van der Waals surface area contributed by atoms with Gasteiger partial charge >= 0.3 is 0 Å². The lowest BCUT2D eigenvalue weighted by Gasteiger charge is -2.21. The van der Waals surface area contributed by atoms with E-state index >= 15 is 0 Å². The Labute approximate surface area is 146 Å². The van der Waals surface area contributed by atoms with Crippen molar-refractivity contribution >= 4 is 28.5 Å². The molecule has 6 nitrogen and oxygen atoms in total. The fourth-order valence-corrected chi connectivity index (χ4v) is 2.70. The Bertz CT molecular complexity index is 885. The number of hydrazone groups is 1. The third kappa shape index (κ3) is 3.68. The molecule has 0 aliphatic heterocycles. The topological polar surface area (TPSA) is 73.6 Å². The van der Waals surface area contributed by atoms with Crippen molar-refractivity contribution in [1.82, 2.24) is 10.2 Å². The van der Waals surface area contributed by atoms with Crippen molar-refractivity contribution in [2.75, 3.05) is 23.4 Å². The van der Waals surface area contributed by atoms with Crippen LogP contribution in [0.4, 0.5) is 11.5 Å². The molecule has 128 valence electrons. The maximum absolute atomic E-state index is 10.2. The van der Waals surface area contributed by atoms with Gasteiger partial charge in [0.2, 0.25) is 0 Å². The van der Waals surface area contributed by atoms with E-state index in [2.05, 4.69) is 39.5 Å². The van der Waals surface area contributed by atoms with Crippen LogP contribution in [-0.4, -0.2) is 34.6 Å². The second kappa shape index (κ2) is 7.61. The highest BCUT2D eigenvalue weighted by Crippen LogP contribution is 2.24. The van der Waals surface area contributed by atoms with Gasteiger partial charge in [-0.1, -0.05) is 24.3 Å². The molecule has 3 aromatic rings. The first-order valence-corrected chi connectivity index (χ1v) is 8.30. The molecule has 0 aliphatic rings. The molecule has 0 unspecified atom stereocenters. The average molecular weight is 335 g/mol. The Morgan fingerprint density at radius 1 is 1.16 bits per heavy atom. The standard InChI is InChI=1S/C19H21N5O/c1-3-24(4-2)16-10-9-15(18(25)11-16)13-21-23-19-17-8-6-5-7-14(17)12-20-22-19/h5-13,25H,3-4H2,1-2H3,(H,22,23). The number of phenolic OH excluding ortho intramolecular Hbond substituents is 1. The Balaban J connectivity index is 1.78. The molecule has 1 aromatic heterocycles. The molecule has 0 saturated heterocycles. The van der Waals surface area contributed by atoms with Crippen LogP contribution >= 0.6 is 0 Å². The zero-order chi connectivity index (χ0) is 17.6. The third-order valence-corrected chi connectivity index (χ3v) is 4.09. The lowest BCUT2D eigenvalue weighted by atomic mass is 10.2. The predicted molar refractivity (Wildman–Crippen MR) is 102 cm³/mol. The summed E-state index contributed by atoms with van der Waals surface area (Å²) in [4.78, 5) is 2.17. The molecule has 0 spiro atoms. The molecule has 0 fully saturated rings. The highest BCUT2D eigenvalue weighted by Gasteiger charge is 2.06. The molecule has 0 amide bonds. The Kier molecular flexibility index (Phi) is 5.09. The lowest BCUT2D eigenvalue weighted by Crippen LogP contribution is -2.21. The van der Waals surface area contributed by atoms with E-state index in [1.807, 2.05) is 36.4 Å². The maximum atomic E-state index is 10.2. The van der Waals surface area contributed by atoms with Gasteiger partial charge in [0.15, 0.2) is 5.82 Å². The van der Waals surface area contributed by atoms with Crippen LogP contribution in [0.3, 0.4) is 0 Å². The van der Waals surface area contributed by atoms with Gasteiger partial charge < -0.3 is 10.0 Å². The molecule has 0 aliphatic carbocycles. The van der Waals surface area contributed by atoms with E-state index < -0.39 is 0 Å². The first kappa shape index (κ1) is 16.7. The van der Waals surface area contributed by atoms with E-state index in [1.165, 1.54) is 0 Å². The normalized spacial score (nSPS) is 11.1. The van der Waals surface area contributed by atoms with Crippen LogP contribution in [0.25, 0.3) is 10.8 Å². The van der Waals surface area contributed by atoms with Crippen LogP contribution in [0, 0.1) is 0 Å². The summed E-state index contributed by atoms with van der Waals surface area (Å²) in [5.74, 6) is 0.771. The maximum Gasteiger partial charge on any atom is 0.176 e. The first-order chi connectivity index (χ1) is 12.2. The molecular formula is C19H21N5O. The Morgan fingerprint density at radius 2 is 1.96 bits per heavy atom. The number of aromatic nitrogens is 2. The van der Waals surface area contributed by atoms with E-state index in [1.54, 1.807) is 18.5 Å². The number of fused-ring (bicyclic) bond motifs is 1. The van der Waals surface area contributed by atoms with Gasteiger partial charge in [-0.3, -0.25) is 5.43 Å².